The van der Waals surface area contributed by atoms with E-state index in [4.69, 9.17) is 23.8 Å². The van der Waals surface area contributed by atoms with Gasteiger partial charge in [0.05, 0.1) is 19.4 Å². The van der Waals surface area contributed by atoms with Crippen LogP contribution in [-0.2, 0) is 9.63 Å². The lowest BCUT2D eigenvalue weighted by Gasteiger charge is -2.29. The summed E-state index contributed by atoms with van der Waals surface area (Å²) in [6, 6.07) is 11.7. The summed E-state index contributed by atoms with van der Waals surface area (Å²) in [7, 11) is 3.20. The molecule has 0 radical (unpaired) electrons. The summed E-state index contributed by atoms with van der Waals surface area (Å²) < 4.78 is 15.9. The van der Waals surface area contributed by atoms with Crippen LogP contribution in [0.2, 0.25) is 0 Å². The smallest absolute Gasteiger partial charge is 0.251 e. The maximum Gasteiger partial charge on any atom is 0.251 e. The first-order chi connectivity index (χ1) is 21.7. The molecule has 0 bridgehead atoms. The second-order valence-corrected chi connectivity index (χ2v) is 14.5. The average Bonchev–Trinajstić information content (AvgIpc) is 3.88. The molecule has 3 heterocycles. The molecule has 3 aliphatic carbocycles. The molecular formula is C38H60N2O6. The summed E-state index contributed by atoms with van der Waals surface area (Å²) in [5.41, 5.74) is 6.38. The Balaban J connectivity index is 0.000000173. The standard InChI is InChI=1S/C12H19NO.C12H18O2.C9H17NO2.C5H6O/c2*1-9-5-6-10(14-9)11(13)12(2)7-3-4-8-12;1-9(6-4-5-7-9)8(11)10(2)12-3;1-5-3-2-4-6-5/h5-6,11H,3-4,7-8,13H2,1-2H3;5-6,11,13H,3-4,7-8H2,1-2H3;4-7H2,1-3H3;2-4H,1H3/t11-;;;/m0.../s1. The molecule has 1 amide bonds. The third-order valence-electron chi connectivity index (χ3n) is 10.4. The predicted octanol–water partition coefficient (Wildman–Crippen LogP) is 9.54. The fraction of sp³-hybridized carbons (Fsp3) is 0.658. The highest BCUT2D eigenvalue weighted by Gasteiger charge is 2.39. The van der Waals surface area contributed by atoms with E-state index in [-0.39, 0.29) is 28.2 Å². The molecular weight excluding hydrogens is 580 g/mol. The van der Waals surface area contributed by atoms with Crippen LogP contribution in [0.1, 0.15) is 139 Å². The van der Waals surface area contributed by atoms with Crippen LogP contribution in [-0.4, -0.2) is 30.2 Å². The Morgan fingerprint density at radius 2 is 1.26 bits per heavy atom. The van der Waals surface area contributed by atoms with Gasteiger partial charge in [0.25, 0.3) is 5.91 Å². The molecule has 3 aromatic rings. The topological polar surface area (TPSA) is 115 Å². The van der Waals surface area contributed by atoms with E-state index in [0.717, 1.165) is 54.5 Å². The molecule has 3 N–H and O–H groups in total. The van der Waals surface area contributed by atoms with E-state index in [1.54, 1.807) is 13.3 Å². The Labute approximate surface area is 277 Å². The molecule has 8 nitrogen and oxygen atoms in total. The van der Waals surface area contributed by atoms with Gasteiger partial charge in [-0.15, -0.1) is 0 Å². The van der Waals surface area contributed by atoms with Crippen molar-refractivity contribution in [1.29, 1.82) is 0 Å². The maximum absolute atomic E-state index is 11.7. The summed E-state index contributed by atoms with van der Waals surface area (Å²) in [6.07, 6.45) is 15.3. The maximum atomic E-state index is 11.7. The van der Waals surface area contributed by atoms with Crippen molar-refractivity contribution < 1.29 is 28.0 Å². The fourth-order valence-electron chi connectivity index (χ4n) is 7.05. The van der Waals surface area contributed by atoms with Gasteiger partial charge in [-0.25, -0.2) is 5.06 Å². The average molecular weight is 641 g/mol. The zero-order valence-corrected chi connectivity index (χ0v) is 29.7. The number of nitrogens with zero attached hydrogens (tertiary/aromatic N) is 1. The van der Waals surface area contributed by atoms with Gasteiger partial charge in [0.1, 0.15) is 34.9 Å². The van der Waals surface area contributed by atoms with E-state index in [9.17, 15) is 9.90 Å². The summed E-state index contributed by atoms with van der Waals surface area (Å²) in [4.78, 5) is 16.6. The Morgan fingerprint density at radius 1 is 0.783 bits per heavy atom. The number of amides is 1. The van der Waals surface area contributed by atoms with E-state index in [1.165, 1.54) is 63.5 Å². The van der Waals surface area contributed by atoms with Crippen molar-refractivity contribution in [2.75, 3.05) is 14.2 Å². The number of furan rings is 3. The van der Waals surface area contributed by atoms with Gasteiger partial charge in [-0.1, -0.05) is 59.3 Å². The first-order valence-electron chi connectivity index (χ1n) is 17.1. The van der Waals surface area contributed by atoms with Crippen molar-refractivity contribution in [3.63, 3.8) is 0 Å². The molecule has 1 unspecified atom stereocenters. The first kappa shape index (κ1) is 37.6. The summed E-state index contributed by atoms with van der Waals surface area (Å²) in [6.45, 7) is 12.3. The zero-order chi connectivity index (χ0) is 34.0. The number of aliphatic hydroxyl groups is 1. The van der Waals surface area contributed by atoms with Crippen LogP contribution < -0.4 is 5.73 Å². The Bertz CT molecular complexity index is 1230. The number of aliphatic hydroxyl groups excluding tert-OH is 1. The molecule has 3 saturated carbocycles. The van der Waals surface area contributed by atoms with Gasteiger partial charge >= 0.3 is 0 Å². The molecule has 3 aliphatic rings. The normalized spacial score (nSPS) is 20.3. The van der Waals surface area contributed by atoms with Gasteiger partial charge in [0.2, 0.25) is 0 Å². The minimum Gasteiger partial charge on any atom is -0.470 e. The number of hydrogen-bond acceptors (Lipinski definition) is 7. The highest BCUT2D eigenvalue weighted by Crippen LogP contribution is 2.48. The van der Waals surface area contributed by atoms with E-state index < -0.39 is 6.10 Å². The predicted molar refractivity (Wildman–Crippen MR) is 182 cm³/mol. The molecule has 0 aliphatic heterocycles. The molecule has 46 heavy (non-hydrogen) atoms. The van der Waals surface area contributed by atoms with Crippen LogP contribution in [0.25, 0.3) is 0 Å². The van der Waals surface area contributed by atoms with Crippen LogP contribution in [0.15, 0.2) is 55.9 Å². The van der Waals surface area contributed by atoms with Crippen LogP contribution in [0.5, 0.6) is 0 Å². The largest absolute Gasteiger partial charge is 0.470 e. The number of hydrogen-bond donors (Lipinski definition) is 2. The van der Waals surface area contributed by atoms with Gasteiger partial charge in [0.15, 0.2) is 0 Å². The Hall–Kier alpha value is -2.81. The van der Waals surface area contributed by atoms with Crippen LogP contribution >= 0.6 is 0 Å². The number of aryl methyl sites for hydroxylation is 3. The highest BCUT2D eigenvalue weighted by molar-refractivity contribution is 5.81. The van der Waals surface area contributed by atoms with Gasteiger partial charge in [-0.3, -0.25) is 9.63 Å². The molecule has 3 fully saturated rings. The molecule has 8 heteroatoms. The fourth-order valence-corrected chi connectivity index (χ4v) is 7.05. The van der Waals surface area contributed by atoms with Crippen LogP contribution in [0, 0.1) is 37.0 Å². The Kier molecular flexibility index (Phi) is 13.8. The Morgan fingerprint density at radius 3 is 1.65 bits per heavy atom. The number of carbonyl (C=O) groups excluding carboxylic acids is 1. The molecule has 0 aromatic carbocycles. The summed E-state index contributed by atoms with van der Waals surface area (Å²) in [5.74, 6) is 4.59. The molecule has 2 atom stereocenters. The van der Waals surface area contributed by atoms with E-state index in [1.807, 2.05) is 64.1 Å². The van der Waals surface area contributed by atoms with Crippen LogP contribution in [0.4, 0.5) is 0 Å². The lowest BCUT2D eigenvalue weighted by Crippen LogP contribution is -2.37. The third-order valence-corrected chi connectivity index (χ3v) is 10.4. The molecule has 258 valence electrons. The van der Waals surface area contributed by atoms with E-state index in [2.05, 4.69) is 13.8 Å². The first-order valence-corrected chi connectivity index (χ1v) is 17.1. The van der Waals surface area contributed by atoms with Crippen molar-refractivity contribution >= 4 is 5.91 Å². The van der Waals surface area contributed by atoms with Crippen molar-refractivity contribution in [2.45, 2.75) is 131 Å². The molecule has 3 aromatic heterocycles. The van der Waals surface area contributed by atoms with E-state index in [0.29, 0.717) is 0 Å². The number of rotatable bonds is 6. The second kappa shape index (κ2) is 16.8. The van der Waals surface area contributed by atoms with Crippen molar-refractivity contribution in [3.8, 4) is 0 Å². The number of hydroxylamine groups is 2. The monoisotopic (exact) mass is 640 g/mol. The minimum absolute atomic E-state index is 0.0320. The minimum atomic E-state index is -0.432. The lowest BCUT2D eigenvalue weighted by molar-refractivity contribution is -0.179. The quantitative estimate of drug-likeness (QED) is 0.258. The highest BCUT2D eigenvalue weighted by atomic mass is 16.7. The van der Waals surface area contributed by atoms with Gasteiger partial charge in [0, 0.05) is 17.9 Å². The summed E-state index contributed by atoms with van der Waals surface area (Å²) in [5, 5.41) is 11.5. The molecule has 0 spiro atoms. The van der Waals surface area contributed by atoms with Gasteiger partial charge in [-0.2, -0.15) is 0 Å². The summed E-state index contributed by atoms with van der Waals surface area (Å²) >= 11 is 0. The van der Waals surface area contributed by atoms with Gasteiger partial charge in [-0.05, 0) is 101 Å². The lowest BCUT2D eigenvalue weighted by atomic mass is 9.80. The third kappa shape index (κ3) is 10.1. The van der Waals surface area contributed by atoms with E-state index >= 15 is 0 Å². The SMILES string of the molecule is CON(C)C(=O)C1(C)CCCC1.Cc1ccc(C(O)C2(C)CCCC2)o1.Cc1ccc([C@H](N)C2(C)CCCC2)o1.Cc1ccco1. The van der Waals surface area contributed by atoms with Crippen LogP contribution in [0.3, 0.4) is 0 Å². The molecule has 6 rings (SSSR count). The zero-order valence-electron chi connectivity index (χ0n) is 29.7. The number of carbonyl (C=O) groups is 1. The second-order valence-electron chi connectivity index (χ2n) is 14.5. The van der Waals surface area contributed by atoms with Crippen molar-refractivity contribution in [2.24, 2.45) is 22.0 Å². The van der Waals surface area contributed by atoms with Gasteiger partial charge < -0.3 is 24.1 Å². The van der Waals surface area contributed by atoms with Crippen molar-refractivity contribution in [1.82, 2.24) is 5.06 Å². The number of nitrogens with two attached hydrogens (primary N) is 1. The molecule has 0 saturated heterocycles. The van der Waals surface area contributed by atoms with Crippen molar-refractivity contribution in [3.05, 3.63) is 71.5 Å².